The van der Waals surface area contributed by atoms with Gasteiger partial charge in [0.15, 0.2) is 23.0 Å². The zero-order chi connectivity index (χ0) is 20.0. The van der Waals surface area contributed by atoms with Crippen molar-refractivity contribution in [3.05, 3.63) is 78.4 Å². The van der Waals surface area contributed by atoms with Gasteiger partial charge in [-0.3, -0.25) is 5.09 Å². The fourth-order valence-corrected chi connectivity index (χ4v) is 3.91. The lowest BCUT2D eigenvalue weighted by molar-refractivity contribution is 0.350. The van der Waals surface area contributed by atoms with Crippen LogP contribution in [0.2, 0.25) is 0 Å². The lowest BCUT2D eigenvalue weighted by Gasteiger charge is -2.22. The standard InChI is InChI=1S/C21H22NO5P/c1-16-12-14-17(15-13-16)22-28(23,26-20-10-6-4-8-18(20)24-2)27-21-11-7-5-9-19(21)25-3/h4-15H,1-3H3,(H,22,23). The molecule has 28 heavy (non-hydrogen) atoms. The first-order chi connectivity index (χ1) is 13.5. The van der Waals surface area contributed by atoms with Gasteiger partial charge in [0.25, 0.3) is 0 Å². The average molecular weight is 399 g/mol. The lowest BCUT2D eigenvalue weighted by atomic mass is 10.2. The Hall–Kier alpha value is -3.11. The van der Waals surface area contributed by atoms with Crippen LogP contribution in [0, 0.1) is 6.92 Å². The normalized spacial score (nSPS) is 10.8. The molecular formula is C21H22NO5P. The van der Waals surface area contributed by atoms with Crippen molar-refractivity contribution in [1.82, 2.24) is 0 Å². The molecule has 6 nitrogen and oxygen atoms in total. The topological polar surface area (TPSA) is 66.0 Å². The zero-order valence-electron chi connectivity index (χ0n) is 15.9. The molecule has 0 spiro atoms. The Morgan fingerprint density at radius 3 is 1.54 bits per heavy atom. The van der Waals surface area contributed by atoms with Gasteiger partial charge in [-0.05, 0) is 43.3 Å². The number of hydrogen-bond acceptors (Lipinski definition) is 5. The zero-order valence-corrected chi connectivity index (χ0v) is 16.8. The fourth-order valence-electron chi connectivity index (χ4n) is 2.50. The van der Waals surface area contributed by atoms with Crippen LogP contribution in [0.25, 0.3) is 0 Å². The Morgan fingerprint density at radius 1 is 0.679 bits per heavy atom. The minimum Gasteiger partial charge on any atom is -0.493 e. The third kappa shape index (κ3) is 4.78. The molecule has 0 aliphatic carbocycles. The molecule has 0 fully saturated rings. The quantitative estimate of drug-likeness (QED) is 0.491. The van der Waals surface area contributed by atoms with E-state index in [4.69, 9.17) is 18.5 Å². The van der Waals surface area contributed by atoms with Gasteiger partial charge in [0.1, 0.15) is 0 Å². The molecule has 0 aliphatic heterocycles. The molecule has 0 saturated carbocycles. The van der Waals surface area contributed by atoms with Gasteiger partial charge in [0.05, 0.1) is 14.2 Å². The van der Waals surface area contributed by atoms with Gasteiger partial charge < -0.3 is 18.5 Å². The van der Waals surface area contributed by atoms with Gasteiger partial charge in [-0.25, -0.2) is 4.57 Å². The van der Waals surface area contributed by atoms with Crippen LogP contribution in [0.1, 0.15) is 5.56 Å². The van der Waals surface area contributed by atoms with Crippen LogP contribution in [0.5, 0.6) is 23.0 Å². The number of hydrogen-bond donors (Lipinski definition) is 1. The van der Waals surface area contributed by atoms with Crippen LogP contribution >= 0.6 is 7.75 Å². The largest absolute Gasteiger partial charge is 0.541 e. The second-order valence-electron chi connectivity index (χ2n) is 5.96. The van der Waals surface area contributed by atoms with Crippen molar-refractivity contribution in [2.24, 2.45) is 0 Å². The van der Waals surface area contributed by atoms with E-state index in [1.54, 1.807) is 60.7 Å². The van der Waals surface area contributed by atoms with Crippen LogP contribution in [0.15, 0.2) is 72.8 Å². The number of nitrogens with one attached hydrogen (secondary N) is 1. The van der Waals surface area contributed by atoms with Gasteiger partial charge in [0.2, 0.25) is 0 Å². The fraction of sp³-hybridized carbons (Fsp3) is 0.143. The Balaban J connectivity index is 1.97. The molecule has 3 aromatic rings. The maximum Gasteiger partial charge on any atom is 0.541 e. The number of methoxy groups -OCH3 is 2. The van der Waals surface area contributed by atoms with Gasteiger partial charge in [-0.15, -0.1) is 0 Å². The summed E-state index contributed by atoms with van der Waals surface area (Å²) >= 11 is 0. The molecule has 0 aromatic heterocycles. The number of aryl methyl sites for hydroxylation is 1. The number of anilines is 1. The number of para-hydroxylation sites is 4. The summed E-state index contributed by atoms with van der Waals surface area (Å²) in [6.45, 7) is 1.97. The molecule has 1 N–H and O–H groups in total. The maximum atomic E-state index is 13.7. The molecule has 0 aliphatic rings. The van der Waals surface area contributed by atoms with Gasteiger partial charge in [-0.1, -0.05) is 42.0 Å². The molecule has 0 amide bonds. The highest BCUT2D eigenvalue weighted by Gasteiger charge is 2.31. The summed E-state index contributed by atoms with van der Waals surface area (Å²) in [5.41, 5.74) is 1.68. The second kappa shape index (κ2) is 8.72. The molecule has 3 aromatic carbocycles. The van der Waals surface area contributed by atoms with E-state index in [1.165, 1.54) is 14.2 Å². The van der Waals surface area contributed by atoms with Crippen molar-refractivity contribution in [2.45, 2.75) is 6.92 Å². The minimum atomic E-state index is -3.89. The summed E-state index contributed by atoms with van der Waals surface area (Å²) in [4.78, 5) is 0. The summed E-state index contributed by atoms with van der Waals surface area (Å²) in [6, 6.07) is 21.3. The van der Waals surface area contributed by atoms with E-state index in [0.29, 0.717) is 28.7 Å². The van der Waals surface area contributed by atoms with Crippen LogP contribution in [0.4, 0.5) is 5.69 Å². The smallest absolute Gasteiger partial charge is 0.493 e. The van der Waals surface area contributed by atoms with E-state index in [1.807, 2.05) is 19.1 Å². The lowest BCUT2D eigenvalue weighted by Crippen LogP contribution is -2.11. The Bertz CT molecular complexity index is 921. The molecule has 0 saturated heterocycles. The maximum absolute atomic E-state index is 13.7. The first kappa shape index (κ1) is 19.6. The molecule has 7 heteroatoms. The monoisotopic (exact) mass is 399 g/mol. The van der Waals surface area contributed by atoms with Crippen molar-refractivity contribution < 1.29 is 23.1 Å². The van der Waals surface area contributed by atoms with Crippen LogP contribution in [-0.2, 0) is 4.57 Å². The minimum absolute atomic E-state index is 0.294. The van der Waals surface area contributed by atoms with E-state index >= 15 is 0 Å². The van der Waals surface area contributed by atoms with Gasteiger partial charge >= 0.3 is 7.75 Å². The molecule has 0 bridgehead atoms. The van der Waals surface area contributed by atoms with E-state index in [2.05, 4.69) is 5.09 Å². The van der Waals surface area contributed by atoms with Gasteiger partial charge in [0, 0.05) is 5.69 Å². The highest BCUT2D eigenvalue weighted by atomic mass is 31.2. The first-order valence-corrected chi connectivity index (χ1v) is 10.2. The molecule has 146 valence electrons. The molecule has 0 atom stereocenters. The van der Waals surface area contributed by atoms with Crippen molar-refractivity contribution in [2.75, 3.05) is 19.3 Å². The predicted octanol–water partition coefficient (Wildman–Crippen LogP) is 5.69. The highest BCUT2D eigenvalue weighted by molar-refractivity contribution is 7.56. The number of rotatable bonds is 8. The van der Waals surface area contributed by atoms with Gasteiger partial charge in [-0.2, -0.15) is 0 Å². The molecule has 0 heterocycles. The summed E-state index contributed by atoms with van der Waals surface area (Å²) in [5.74, 6) is 1.47. The third-order valence-electron chi connectivity index (χ3n) is 3.89. The van der Waals surface area contributed by atoms with Crippen molar-refractivity contribution in [3.8, 4) is 23.0 Å². The predicted molar refractivity (Wildman–Crippen MR) is 110 cm³/mol. The second-order valence-corrected chi connectivity index (χ2v) is 7.54. The first-order valence-electron chi connectivity index (χ1n) is 8.63. The SMILES string of the molecule is COc1ccccc1OP(=O)(Nc1ccc(C)cc1)Oc1ccccc1OC. The van der Waals surface area contributed by atoms with E-state index in [0.717, 1.165) is 5.56 Å². The third-order valence-corrected chi connectivity index (χ3v) is 5.30. The van der Waals surface area contributed by atoms with Crippen LogP contribution in [0.3, 0.4) is 0 Å². The molecule has 0 radical (unpaired) electrons. The van der Waals surface area contributed by atoms with Crippen molar-refractivity contribution >= 4 is 13.4 Å². The average Bonchev–Trinajstić information content (AvgIpc) is 2.70. The molecule has 3 rings (SSSR count). The summed E-state index contributed by atoms with van der Waals surface area (Å²) in [7, 11) is -0.859. The Morgan fingerprint density at radius 2 is 1.11 bits per heavy atom. The van der Waals surface area contributed by atoms with Crippen molar-refractivity contribution in [1.29, 1.82) is 0 Å². The Kier molecular flexibility index (Phi) is 6.12. The Labute approximate surface area is 164 Å². The summed E-state index contributed by atoms with van der Waals surface area (Å²) in [5, 5.41) is 2.88. The van der Waals surface area contributed by atoms with E-state index in [-0.39, 0.29) is 0 Å². The van der Waals surface area contributed by atoms with E-state index < -0.39 is 7.75 Å². The highest BCUT2D eigenvalue weighted by Crippen LogP contribution is 2.51. The molecular weight excluding hydrogens is 377 g/mol. The van der Waals surface area contributed by atoms with E-state index in [9.17, 15) is 4.57 Å². The number of benzene rings is 3. The van der Waals surface area contributed by atoms with Crippen LogP contribution < -0.4 is 23.6 Å². The van der Waals surface area contributed by atoms with Crippen molar-refractivity contribution in [3.63, 3.8) is 0 Å². The number of ether oxygens (including phenoxy) is 2. The molecule has 0 unspecified atom stereocenters. The summed E-state index contributed by atoms with van der Waals surface area (Å²) < 4.78 is 35.9. The van der Waals surface area contributed by atoms with Crippen LogP contribution in [-0.4, -0.2) is 14.2 Å². The summed E-state index contributed by atoms with van der Waals surface area (Å²) in [6.07, 6.45) is 0.